The quantitative estimate of drug-likeness (QED) is 0.767. The Bertz CT molecular complexity index is 363. The van der Waals surface area contributed by atoms with Gasteiger partial charge in [0.2, 0.25) is 5.24 Å². The van der Waals surface area contributed by atoms with E-state index < -0.39 is 10.5 Å². The highest BCUT2D eigenvalue weighted by Crippen LogP contribution is 2.08. The highest BCUT2D eigenvalue weighted by atomic mass is 35.5. The Kier molecular flexibility index (Phi) is 12.1. The molecule has 0 spiro atoms. The Hall–Kier alpha value is -0.900. The molecule has 0 aromatic heterocycles. The van der Waals surface area contributed by atoms with Gasteiger partial charge >= 0.3 is 0 Å². The zero-order valence-corrected chi connectivity index (χ0v) is 12.4. The number of hydrogen-bond donors (Lipinski definition) is 0. The Labute approximate surface area is 121 Å². The van der Waals surface area contributed by atoms with E-state index in [1.165, 1.54) is 31.2 Å². The van der Waals surface area contributed by atoms with E-state index >= 15 is 0 Å². The molecule has 0 saturated carbocycles. The van der Waals surface area contributed by atoms with Crippen LogP contribution < -0.4 is 0 Å². The van der Waals surface area contributed by atoms with E-state index in [9.17, 15) is 14.4 Å². The zero-order chi connectivity index (χ0) is 14.7. The molecule has 6 heteroatoms. The monoisotopic (exact) mass is 310 g/mol. The number of rotatable bonds is 2. The predicted molar refractivity (Wildman–Crippen MR) is 74.7 cm³/mol. The maximum absolute atomic E-state index is 10.6. The lowest BCUT2D eigenvalue weighted by molar-refractivity contribution is -0.109. The first-order valence-electron chi connectivity index (χ1n) is 5.00. The van der Waals surface area contributed by atoms with E-state index in [2.05, 4.69) is 11.6 Å². The molecule has 0 aliphatic heterocycles. The fraction of sp³-hybridized carbons (Fsp3) is 0.250. The van der Waals surface area contributed by atoms with Crippen molar-refractivity contribution in [2.24, 2.45) is 0 Å². The van der Waals surface area contributed by atoms with Gasteiger partial charge in [0.25, 0.3) is 10.5 Å². The molecule has 0 N–H and O–H groups in total. The third-order valence-electron chi connectivity index (χ3n) is 1.34. The summed E-state index contributed by atoms with van der Waals surface area (Å²) >= 11 is 15.0. The Balaban J connectivity index is 0. The van der Waals surface area contributed by atoms with E-state index in [0.717, 1.165) is 0 Å². The van der Waals surface area contributed by atoms with Crippen LogP contribution in [0.1, 0.15) is 41.5 Å². The first-order chi connectivity index (χ1) is 8.34. The molecule has 0 bridgehead atoms. The van der Waals surface area contributed by atoms with Crippen LogP contribution in [0, 0.1) is 0 Å². The van der Waals surface area contributed by atoms with Crippen LogP contribution in [0.5, 0.6) is 0 Å². The van der Waals surface area contributed by atoms with Gasteiger partial charge in [0, 0.05) is 18.1 Å². The molecule has 18 heavy (non-hydrogen) atoms. The summed E-state index contributed by atoms with van der Waals surface area (Å²) < 4.78 is 0. The third kappa shape index (κ3) is 10.3. The van der Waals surface area contributed by atoms with E-state index in [1.54, 1.807) is 0 Å². The predicted octanol–water partition coefficient (Wildman–Crippen LogP) is 4.24. The average molecular weight is 312 g/mol. The molecule has 0 aliphatic carbocycles. The molecular formula is C12H13Cl3O3. The van der Waals surface area contributed by atoms with Gasteiger partial charge in [-0.1, -0.05) is 13.8 Å². The van der Waals surface area contributed by atoms with Crippen LogP contribution in [0.2, 0.25) is 0 Å². The molecule has 0 amide bonds. The lowest BCUT2D eigenvalue weighted by atomic mass is 10.2. The molecule has 1 aromatic rings. The van der Waals surface area contributed by atoms with Gasteiger partial charge in [-0.2, -0.15) is 0 Å². The number of hydrogen-bond acceptors (Lipinski definition) is 3. The average Bonchev–Trinajstić information content (AvgIpc) is 2.31. The summed E-state index contributed by atoms with van der Waals surface area (Å²) in [5.74, 6) is 0. The van der Waals surface area contributed by atoms with Crippen LogP contribution in [0.3, 0.4) is 0 Å². The van der Waals surface area contributed by atoms with Crippen molar-refractivity contribution in [2.75, 3.05) is 0 Å². The second kappa shape index (κ2) is 11.2. The largest absolute Gasteiger partial charge is 0.282 e. The second-order valence-corrected chi connectivity index (χ2v) is 3.81. The standard InChI is InChI=1S/C8H4Cl2O2.C2H3ClO.C2H6/c9-7(11)5-1-2-6(4-3-5)8(10)12;1-2(3)4;1-2/h1-4H;1H3;1-2H3. The molecule has 1 aromatic carbocycles. The van der Waals surface area contributed by atoms with Crippen LogP contribution in [0.15, 0.2) is 24.3 Å². The number of halogens is 3. The highest BCUT2D eigenvalue weighted by Gasteiger charge is 2.03. The van der Waals surface area contributed by atoms with Gasteiger partial charge in [0.15, 0.2) is 0 Å². The number of benzene rings is 1. The maximum atomic E-state index is 10.6. The molecule has 0 saturated heterocycles. The first kappa shape index (κ1) is 19.4. The van der Waals surface area contributed by atoms with Gasteiger partial charge in [-0.25, -0.2) is 0 Å². The summed E-state index contributed by atoms with van der Waals surface area (Å²) in [6.45, 7) is 5.29. The minimum Gasteiger partial charge on any atom is -0.282 e. The molecule has 100 valence electrons. The van der Waals surface area contributed by atoms with Gasteiger partial charge < -0.3 is 0 Å². The molecule has 0 heterocycles. The van der Waals surface area contributed by atoms with Gasteiger partial charge in [-0.05, 0) is 59.1 Å². The maximum Gasteiger partial charge on any atom is 0.252 e. The summed E-state index contributed by atoms with van der Waals surface area (Å²) in [5.41, 5.74) is 0.691. The lowest BCUT2D eigenvalue weighted by Crippen LogP contribution is -1.92. The van der Waals surface area contributed by atoms with E-state index in [4.69, 9.17) is 23.2 Å². The van der Waals surface area contributed by atoms with Crippen molar-refractivity contribution in [2.45, 2.75) is 20.8 Å². The molecule has 3 nitrogen and oxygen atoms in total. The second-order valence-electron chi connectivity index (χ2n) is 2.60. The topological polar surface area (TPSA) is 51.2 Å². The minimum absolute atomic E-state index is 0.346. The number of carbonyl (C=O) groups is 3. The Morgan fingerprint density at radius 3 is 1.06 bits per heavy atom. The molecule has 0 atom stereocenters. The SMILES string of the molecule is CC.CC(=O)Cl.O=C(Cl)c1ccc(C(=O)Cl)cc1. The van der Waals surface area contributed by atoms with E-state index in [0.29, 0.717) is 11.1 Å². The van der Waals surface area contributed by atoms with Crippen molar-refractivity contribution < 1.29 is 14.4 Å². The normalized spacial score (nSPS) is 8.11. The first-order valence-corrected chi connectivity index (χ1v) is 6.13. The van der Waals surface area contributed by atoms with Gasteiger partial charge in [0.1, 0.15) is 0 Å². The fourth-order valence-electron chi connectivity index (χ4n) is 0.732. The summed E-state index contributed by atoms with van der Waals surface area (Å²) in [6.07, 6.45) is 0. The number of carbonyl (C=O) groups excluding carboxylic acids is 3. The minimum atomic E-state index is -0.552. The molecule has 0 aliphatic rings. The summed E-state index contributed by atoms with van der Waals surface area (Å²) in [7, 11) is 0. The summed E-state index contributed by atoms with van der Waals surface area (Å²) in [5, 5.41) is -1.47. The van der Waals surface area contributed by atoms with Gasteiger partial charge in [0.05, 0.1) is 0 Å². The van der Waals surface area contributed by atoms with Crippen molar-refractivity contribution in [3.8, 4) is 0 Å². The molecule has 0 fully saturated rings. The van der Waals surface area contributed by atoms with Gasteiger partial charge in [-0.15, -0.1) is 0 Å². The van der Waals surface area contributed by atoms with Crippen LogP contribution >= 0.6 is 34.8 Å². The molecule has 0 unspecified atom stereocenters. The van der Waals surface area contributed by atoms with E-state index in [-0.39, 0.29) is 5.24 Å². The van der Waals surface area contributed by atoms with Crippen LogP contribution in [0.25, 0.3) is 0 Å². The van der Waals surface area contributed by atoms with Crippen molar-refractivity contribution in [3.05, 3.63) is 35.4 Å². The van der Waals surface area contributed by atoms with Crippen molar-refractivity contribution in [1.29, 1.82) is 0 Å². The molecule has 0 radical (unpaired) electrons. The fourth-order valence-corrected chi connectivity index (χ4v) is 0.984. The molecular weight excluding hydrogens is 298 g/mol. The van der Waals surface area contributed by atoms with Crippen LogP contribution in [-0.2, 0) is 4.79 Å². The van der Waals surface area contributed by atoms with Gasteiger partial charge in [-0.3, -0.25) is 14.4 Å². The Morgan fingerprint density at radius 2 is 0.944 bits per heavy atom. The smallest absolute Gasteiger partial charge is 0.252 e. The third-order valence-corrected chi connectivity index (χ3v) is 1.78. The van der Waals surface area contributed by atoms with Crippen LogP contribution in [0.4, 0.5) is 0 Å². The van der Waals surface area contributed by atoms with Crippen molar-refractivity contribution in [1.82, 2.24) is 0 Å². The lowest BCUT2D eigenvalue weighted by Gasteiger charge is -1.94. The van der Waals surface area contributed by atoms with Crippen LogP contribution in [-0.4, -0.2) is 15.7 Å². The Morgan fingerprint density at radius 1 is 0.778 bits per heavy atom. The summed E-state index contributed by atoms with van der Waals surface area (Å²) in [4.78, 5) is 30.4. The van der Waals surface area contributed by atoms with Crippen molar-refractivity contribution >= 4 is 50.5 Å². The van der Waals surface area contributed by atoms with E-state index in [1.807, 2.05) is 13.8 Å². The molecule has 1 rings (SSSR count). The highest BCUT2D eigenvalue weighted by molar-refractivity contribution is 6.68. The summed E-state index contributed by atoms with van der Waals surface area (Å²) in [6, 6.07) is 5.80. The zero-order valence-electron chi connectivity index (χ0n) is 10.2. The van der Waals surface area contributed by atoms with Crippen molar-refractivity contribution in [3.63, 3.8) is 0 Å².